The predicted molar refractivity (Wildman–Crippen MR) is 137 cm³/mol. The number of methoxy groups -OCH3 is 1. The molecule has 12 heteroatoms. The second-order valence-corrected chi connectivity index (χ2v) is 11.5. The lowest BCUT2D eigenvalue weighted by Crippen LogP contribution is -2.45. The summed E-state index contributed by atoms with van der Waals surface area (Å²) >= 11 is 6.14. The van der Waals surface area contributed by atoms with Gasteiger partial charge in [-0.1, -0.05) is 29.8 Å². The number of amides is 1. The Kier molecular flexibility index (Phi) is 7.93. The minimum atomic E-state index is -3.86. The fourth-order valence-corrected chi connectivity index (χ4v) is 5.76. The van der Waals surface area contributed by atoms with E-state index in [1.165, 1.54) is 56.5 Å². The Morgan fingerprint density at radius 3 is 2.11 bits per heavy atom. The summed E-state index contributed by atoms with van der Waals surface area (Å²) in [5.41, 5.74) is 0.898. The first-order chi connectivity index (χ1) is 16.4. The summed E-state index contributed by atoms with van der Waals surface area (Å²) in [5, 5.41) is 2.80. The van der Waals surface area contributed by atoms with Gasteiger partial charge in [0, 0.05) is 11.4 Å². The molecule has 0 heterocycles. The highest BCUT2D eigenvalue weighted by atomic mass is 35.5. The molecule has 9 nitrogen and oxygen atoms in total. The molecular formula is C23H24ClN3O6S2. The van der Waals surface area contributed by atoms with E-state index < -0.39 is 32.0 Å². The molecule has 2 N–H and O–H groups in total. The Morgan fingerprint density at radius 2 is 1.57 bits per heavy atom. The van der Waals surface area contributed by atoms with Gasteiger partial charge < -0.3 is 10.1 Å². The van der Waals surface area contributed by atoms with E-state index in [0.717, 1.165) is 10.6 Å². The normalized spacial score (nSPS) is 12.5. The Bertz CT molecular complexity index is 1410. The fourth-order valence-electron chi connectivity index (χ4n) is 3.29. The zero-order chi connectivity index (χ0) is 25.8. The number of halogens is 1. The van der Waals surface area contributed by atoms with Gasteiger partial charge in [-0.2, -0.15) is 0 Å². The number of rotatable bonds is 9. The predicted octanol–water partition coefficient (Wildman–Crippen LogP) is 3.94. The number of para-hydroxylation sites is 1. The van der Waals surface area contributed by atoms with Crippen molar-refractivity contribution in [1.82, 2.24) is 0 Å². The number of ether oxygens (including phenoxy) is 1. The first-order valence-corrected chi connectivity index (χ1v) is 13.9. The summed E-state index contributed by atoms with van der Waals surface area (Å²) in [4.78, 5) is 12.9. The standard InChI is InChI=1S/C23H24ClN3O6S2/c1-16(27(34(3,29)30)19-11-14-22(33-2)21(24)15-19)23(28)25-17-9-12-20(13-10-17)35(31,32)26-18-7-5-4-6-8-18/h4-16,26H,1-3H3,(H,25,28)/t16-/m1/s1. The summed E-state index contributed by atoms with van der Waals surface area (Å²) in [6, 6.07) is 17.2. The number of nitrogens with zero attached hydrogens (tertiary/aromatic N) is 1. The Hall–Kier alpha value is -3.28. The van der Waals surface area contributed by atoms with Crippen molar-refractivity contribution in [2.24, 2.45) is 0 Å². The Labute approximate surface area is 209 Å². The van der Waals surface area contributed by atoms with Gasteiger partial charge >= 0.3 is 0 Å². The molecule has 0 bridgehead atoms. The molecule has 0 spiro atoms. The van der Waals surface area contributed by atoms with Crippen LogP contribution in [0.5, 0.6) is 5.75 Å². The molecule has 0 saturated heterocycles. The second-order valence-electron chi connectivity index (χ2n) is 7.54. The summed E-state index contributed by atoms with van der Waals surface area (Å²) in [6.45, 7) is 1.43. The van der Waals surface area contributed by atoms with Gasteiger partial charge in [-0.05, 0) is 61.5 Å². The molecule has 0 aliphatic heterocycles. The lowest BCUT2D eigenvalue weighted by Gasteiger charge is -2.28. The van der Waals surface area contributed by atoms with Gasteiger partial charge in [-0.15, -0.1) is 0 Å². The van der Waals surface area contributed by atoms with E-state index in [1.807, 2.05) is 0 Å². The van der Waals surface area contributed by atoms with Gasteiger partial charge in [0.15, 0.2) is 0 Å². The molecule has 0 aliphatic rings. The van der Waals surface area contributed by atoms with Crippen LogP contribution in [-0.2, 0) is 24.8 Å². The van der Waals surface area contributed by atoms with Gasteiger partial charge in [-0.3, -0.25) is 13.8 Å². The van der Waals surface area contributed by atoms with Crippen LogP contribution in [0, 0.1) is 0 Å². The summed E-state index contributed by atoms with van der Waals surface area (Å²) in [6.07, 6.45) is 0.980. The van der Waals surface area contributed by atoms with Crippen molar-refractivity contribution in [3.63, 3.8) is 0 Å². The molecule has 0 fully saturated rings. The van der Waals surface area contributed by atoms with Crippen molar-refractivity contribution in [3.05, 3.63) is 77.8 Å². The van der Waals surface area contributed by atoms with Crippen LogP contribution in [0.4, 0.5) is 17.1 Å². The molecule has 0 aliphatic carbocycles. The number of carbonyl (C=O) groups excluding carboxylic acids is 1. The zero-order valence-electron chi connectivity index (χ0n) is 19.1. The molecule has 0 saturated carbocycles. The molecule has 35 heavy (non-hydrogen) atoms. The van der Waals surface area contributed by atoms with Crippen LogP contribution >= 0.6 is 11.6 Å². The first-order valence-electron chi connectivity index (χ1n) is 10.2. The van der Waals surface area contributed by atoms with Crippen molar-refractivity contribution in [2.75, 3.05) is 27.7 Å². The Balaban J connectivity index is 1.78. The van der Waals surface area contributed by atoms with Crippen molar-refractivity contribution < 1.29 is 26.4 Å². The summed E-state index contributed by atoms with van der Waals surface area (Å²) in [7, 11) is -6.26. The van der Waals surface area contributed by atoms with Gasteiger partial charge in [-0.25, -0.2) is 16.8 Å². The number of anilines is 3. The van der Waals surface area contributed by atoms with Gasteiger partial charge in [0.1, 0.15) is 11.8 Å². The van der Waals surface area contributed by atoms with E-state index in [-0.39, 0.29) is 15.6 Å². The number of hydrogen-bond acceptors (Lipinski definition) is 6. The topological polar surface area (TPSA) is 122 Å². The highest BCUT2D eigenvalue weighted by Gasteiger charge is 2.30. The molecule has 0 unspecified atom stereocenters. The van der Waals surface area contributed by atoms with Crippen LogP contribution in [0.2, 0.25) is 5.02 Å². The van der Waals surface area contributed by atoms with E-state index >= 15 is 0 Å². The maximum absolute atomic E-state index is 12.9. The monoisotopic (exact) mass is 537 g/mol. The smallest absolute Gasteiger partial charge is 0.261 e. The molecule has 3 aromatic rings. The first kappa shape index (κ1) is 26.3. The highest BCUT2D eigenvalue weighted by Crippen LogP contribution is 2.31. The van der Waals surface area contributed by atoms with E-state index in [2.05, 4.69) is 10.0 Å². The number of benzene rings is 3. The number of carbonyl (C=O) groups is 1. The SMILES string of the molecule is COc1ccc(N([C@H](C)C(=O)Nc2ccc(S(=O)(=O)Nc3ccccc3)cc2)S(C)(=O)=O)cc1Cl. The minimum Gasteiger partial charge on any atom is -0.495 e. The van der Waals surface area contributed by atoms with Crippen LogP contribution in [0.3, 0.4) is 0 Å². The molecule has 1 amide bonds. The van der Waals surface area contributed by atoms with Crippen LogP contribution in [-0.4, -0.2) is 42.2 Å². The molecule has 0 aromatic heterocycles. The summed E-state index contributed by atoms with van der Waals surface area (Å²) in [5.74, 6) is -0.266. The highest BCUT2D eigenvalue weighted by molar-refractivity contribution is 7.92. The largest absolute Gasteiger partial charge is 0.495 e. The lowest BCUT2D eigenvalue weighted by atomic mass is 10.2. The van der Waals surface area contributed by atoms with Crippen molar-refractivity contribution in [3.8, 4) is 5.75 Å². The van der Waals surface area contributed by atoms with Crippen LogP contribution in [0.25, 0.3) is 0 Å². The third kappa shape index (κ3) is 6.44. The molecule has 186 valence electrons. The van der Waals surface area contributed by atoms with Crippen molar-refractivity contribution >= 4 is 54.6 Å². The Morgan fingerprint density at radius 1 is 0.943 bits per heavy atom. The van der Waals surface area contributed by atoms with Gasteiger partial charge in [0.2, 0.25) is 15.9 Å². The third-order valence-corrected chi connectivity index (χ3v) is 7.87. The average Bonchev–Trinajstić information content (AvgIpc) is 2.79. The van der Waals surface area contributed by atoms with Crippen molar-refractivity contribution in [2.45, 2.75) is 17.9 Å². The lowest BCUT2D eigenvalue weighted by molar-refractivity contribution is -0.116. The number of sulfonamides is 2. The van der Waals surface area contributed by atoms with Crippen LogP contribution < -0.4 is 19.1 Å². The van der Waals surface area contributed by atoms with E-state index in [1.54, 1.807) is 30.3 Å². The third-order valence-electron chi connectivity index (χ3n) is 4.94. The molecule has 1 atom stereocenters. The van der Waals surface area contributed by atoms with E-state index in [0.29, 0.717) is 17.1 Å². The quantitative estimate of drug-likeness (QED) is 0.426. The van der Waals surface area contributed by atoms with Crippen molar-refractivity contribution in [1.29, 1.82) is 0 Å². The summed E-state index contributed by atoms with van der Waals surface area (Å²) < 4.78 is 58.7. The van der Waals surface area contributed by atoms with E-state index in [9.17, 15) is 21.6 Å². The van der Waals surface area contributed by atoms with Gasteiger partial charge in [0.05, 0.1) is 29.0 Å². The average molecular weight is 538 g/mol. The minimum absolute atomic E-state index is 0.00182. The fraction of sp³-hybridized carbons (Fsp3) is 0.174. The molecule has 0 radical (unpaired) electrons. The molecular weight excluding hydrogens is 514 g/mol. The zero-order valence-corrected chi connectivity index (χ0v) is 21.5. The molecule has 3 aromatic carbocycles. The van der Waals surface area contributed by atoms with Crippen LogP contribution in [0.15, 0.2) is 77.7 Å². The number of hydrogen-bond donors (Lipinski definition) is 2. The second kappa shape index (κ2) is 10.5. The van der Waals surface area contributed by atoms with E-state index in [4.69, 9.17) is 16.3 Å². The van der Waals surface area contributed by atoms with Gasteiger partial charge in [0.25, 0.3) is 10.0 Å². The molecule has 3 rings (SSSR count). The maximum atomic E-state index is 12.9. The maximum Gasteiger partial charge on any atom is 0.261 e. The van der Waals surface area contributed by atoms with Crippen LogP contribution in [0.1, 0.15) is 6.92 Å². The number of nitrogens with one attached hydrogen (secondary N) is 2.